The first-order chi connectivity index (χ1) is 29.2. The average molecular weight is 886 g/mol. The first kappa shape index (κ1) is 46.4. The molecule has 0 aromatic carbocycles. The number of piperidine rings is 1. The maximum Gasteiger partial charge on any atom is 0.187 e. The van der Waals surface area contributed by atoms with E-state index in [1.807, 2.05) is 0 Å². The van der Waals surface area contributed by atoms with Gasteiger partial charge in [0.2, 0.25) is 0 Å². The van der Waals surface area contributed by atoms with Crippen LogP contribution in [0.4, 0.5) is 0 Å². The van der Waals surface area contributed by atoms with Gasteiger partial charge in [0.25, 0.3) is 0 Å². The Balaban J connectivity index is 0.941. The van der Waals surface area contributed by atoms with E-state index >= 15 is 0 Å². The van der Waals surface area contributed by atoms with Gasteiger partial charge in [-0.1, -0.05) is 27.7 Å². The molecule has 0 bridgehead atoms. The monoisotopic (exact) mass is 886 g/mol. The van der Waals surface area contributed by atoms with Crippen LogP contribution < -0.4 is 0 Å². The van der Waals surface area contributed by atoms with Gasteiger partial charge in [-0.2, -0.15) is 0 Å². The lowest BCUT2D eigenvalue weighted by Crippen LogP contribution is -2.69. The topological polar surface area (TPSA) is 261 Å². The largest absolute Gasteiger partial charge is 0.394 e. The van der Waals surface area contributed by atoms with Crippen LogP contribution in [0.15, 0.2) is 0 Å². The molecule has 0 spiro atoms. The normalized spacial score (nSPS) is 60.3. The van der Waals surface area contributed by atoms with Gasteiger partial charge in [-0.15, -0.1) is 0 Å². The lowest BCUT2D eigenvalue weighted by molar-refractivity contribution is -0.391. The minimum Gasteiger partial charge on any atom is -0.394 e. The first-order valence-corrected chi connectivity index (χ1v) is 23.7. The zero-order valence-corrected chi connectivity index (χ0v) is 37.1. The third kappa shape index (κ3) is 7.12. The molecule has 9 rings (SSSR count). The minimum absolute atomic E-state index is 0.0581. The summed E-state index contributed by atoms with van der Waals surface area (Å²) in [6, 6.07) is 1.22. The van der Waals surface area contributed by atoms with Crippen LogP contribution in [0.5, 0.6) is 0 Å². The number of hydrogen-bond donors (Lipinski definition) is 10. The highest BCUT2D eigenvalue weighted by atomic mass is 16.8. The van der Waals surface area contributed by atoms with Crippen molar-refractivity contribution in [3.8, 4) is 0 Å². The maximum atomic E-state index is 12.9. The Morgan fingerprint density at radius 2 is 1.26 bits per heavy atom. The van der Waals surface area contributed by atoms with Crippen molar-refractivity contribution in [2.24, 2.45) is 46.3 Å². The third-order valence-corrected chi connectivity index (χ3v) is 18.8. The van der Waals surface area contributed by atoms with Gasteiger partial charge < -0.3 is 79.5 Å². The van der Waals surface area contributed by atoms with E-state index in [-0.39, 0.29) is 23.7 Å². The Kier molecular flexibility index (Phi) is 12.6. The van der Waals surface area contributed by atoms with Crippen LogP contribution in [0.2, 0.25) is 0 Å². The van der Waals surface area contributed by atoms with E-state index in [2.05, 4.69) is 32.6 Å². The molecule has 5 saturated heterocycles. The molecular formula is C45H75NO16. The van der Waals surface area contributed by atoms with E-state index in [0.717, 1.165) is 19.3 Å². The molecule has 5 aliphatic heterocycles. The average Bonchev–Trinajstić information content (AvgIpc) is 3.70. The number of rotatable bonds is 7. The summed E-state index contributed by atoms with van der Waals surface area (Å²) in [5, 5.41) is 111. The van der Waals surface area contributed by atoms with E-state index in [1.165, 1.54) is 33.2 Å². The number of aliphatic hydroxyl groups is 10. The molecule has 0 amide bonds. The fourth-order valence-corrected chi connectivity index (χ4v) is 15.3. The molecule has 28 atom stereocenters. The van der Waals surface area contributed by atoms with Crippen molar-refractivity contribution < 1.29 is 79.5 Å². The smallest absolute Gasteiger partial charge is 0.187 e. The predicted molar refractivity (Wildman–Crippen MR) is 216 cm³/mol. The molecule has 356 valence electrons. The molecule has 0 aromatic heterocycles. The quantitative estimate of drug-likeness (QED) is 0.143. The summed E-state index contributed by atoms with van der Waals surface area (Å²) < 4.78 is 36.4. The van der Waals surface area contributed by atoms with Crippen molar-refractivity contribution >= 4 is 0 Å². The Morgan fingerprint density at radius 3 is 1.89 bits per heavy atom. The van der Waals surface area contributed by atoms with Gasteiger partial charge in [0.05, 0.1) is 36.6 Å². The summed E-state index contributed by atoms with van der Waals surface area (Å²) in [4.78, 5) is 2.86. The van der Waals surface area contributed by atoms with Crippen LogP contribution in [0.1, 0.15) is 99.3 Å². The summed E-state index contributed by atoms with van der Waals surface area (Å²) in [7, 11) is 0. The van der Waals surface area contributed by atoms with Crippen molar-refractivity contribution in [3.63, 3.8) is 0 Å². The molecule has 4 saturated carbocycles. The molecule has 0 radical (unpaired) electrons. The highest BCUT2D eigenvalue weighted by Gasteiger charge is 2.71. The standard InChI is InChI=1S/C45H75NO16/c1-18-7-8-26-19(2)30-27(46(26)16-18)14-25-23-13-29(48)45(56)15-22(9-12-44(45,6)24(23)10-11-43(25,30)5)59-42-39(62-41-36(54)34(52)32(50)21(4)58-41)37(55)38(28(17-47)60-42)61-40-35(53)33(51)31(49)20(3)57-40/h18-42,47-56H,7-17H2,1-6H3/t18-,19+,20-,21-,22-,23+,24-,25-,26+,27-,28+,29+,30-,31-,32-,33+,34+,35+,36+,37-,38+,39+,40-,41-,42+,43-,44+,45-/m0/s1. The lowest BCUT2D eigenvalue weighted by Gasteiger charge is -2.65. The van der Waals surface area contributed by atoms with Crippen LogP contribution in [0.3, 0.4) is 0 Å². The lowest BCUT2D eigenvalue weighted by atomic mass is 9.42. The number of aliphatic hydroxyl groups excluding tert-OH is 9. The van der Waals surface area contributed by atoms with E-state index in [4.69, 9.17) is 28.4 Å². The van der Waals surface area contributed by atoms with Crippen LogP contribution in [-0.4, -0.2) is 191 Å². The molecular weight excluding hydrogens is 810 g/mol. The minimum atomic E-state index is -1.77. The fourth-order valence-electron chi connectivity index (χ4n) is 15.3. The van der Waals surface area contributed by atoms with E-state index in [1.54, 1.807) is 0 Å². The molecule has 17 heteroatoms. The second kappa shape index (κ2) is 16.8. The van der Waals surface area contributed by atoms with E-state index in [0.29, 0.717) is 55.0 Å². The number of hydrogen-bond acceptors (Lipinski definition) is 17. The van der Waals surface area contributed by atoms with Crippen molar-refractivity contribution in [2.75, 3.05) is 13.2 Å². The van der Waals surface area contributed by atoms with Gasteiger partial charge in [0.1, 0.15) is 61.0 Å². The van der Waals surface area contributed by atoms with Crippen molar-refractivity contribution in [1.29, 1.82) is 0 Å². The summed E-state index contributed by atoms with van der Waals surface area (Å²) in [5.74, 6) is 2.91. The Morgan fingerprint density at radius 1 is 0.629 bits per heavy atom. The highest BCUT2D eigenvalue weighted by molar-refractivity contribution is 5.21. The van der Waals surface area contributed by atoms with Crippen LogP contribution >= 0.6 is 0 Å². The Hall–Kier alpha value is -0.680. The number of nitrogens with zero attached hydrogens (tertiary/aromatic N) is 1. The van der Waals surface area contributed by atoms with Crippen molar-refractivity contribution in [2.45, 2.75) is 221 Å². The number of ether oxygens (including phenoxy) is 6. The Labute approximate surface area is 364 Å². The van der Waals surface area contributed by atoms with Crippen molar-refractivity contribution in [3.05, 3.63) is 0 Å². The maximum absolute atomic E-state index is 12.9. The zero-order valence-electron chi connectivity index (χ0n) is 37.1. The summed E-state index contributed by atoms with van der Waals surface area (Å²) >= 11 is 0. The molecule has 9 aliphatic rings. The first-order valence-electron chi connectivity index (χ1n) is 23.7. The second-order valence-corrected chi connectivity index (χ2v) is 21.9. The van der Waals surface area contributed by atoms with Gasteiger partial charge >= 0.3 is 0 Å². The van der Waals surface area contributed by atoms with Crippen molar-refractivity contribution in [1.82, 2.24) is 4.90 Å². The van der Waals surface area contributed by atoms with Gasteiger partial charge in [-0.3, -0.25) is 4.90 Å². The van der Waals surface area contributed by atoms with Crippen LogP contribution in [0.25, 0.3) is 0 Å². The highest BCUT2D eigenvalue weighted by Crippen LogP contribution is 2.71. The van der Waals surface area contributed by atoms with Gasteiger partial charge in [-0.25, -0.2) is 0 Å². The van der Waals surface area contributed by atoms with Gasteiger partial charge in [0, 0.05) is 30.5 Å². The molecule has 0 unspecified atom stereocenters. The molecule has 9 fully saturated rings. The van der Waals surface area contributed by atoms with E-state index in [9.17, 15) is 51.1 Å². The Bertz CT molecular complexity index is 1600. The zero-order chi connectivity index (χ0) is 44.5. The number of fused-ring (bicyclic) bond motifs is 9. The summed E-state index contributed by atoms with van der Waals surface area (Å²) in [6.07, 6.45) is -16.8. The van der Waals surface area contributed by atoms with Crippen LogP contribution in [-0.2, 0) is 28.4 Å². The molecule has 0 aromatic rings. The molecule has 17 nitrogen and oxygen atoms in total. The fraction of sp³-hybridized carbons (Fsp3) is 1.00. The van der Waals surface area contributed by atoms with Gasteiger partial charge in [-0.05, 0) is 106 Å². The summed E-state index contributed by atoms with van der Waals surface area (Å²) in [5.41, 5.74) is -1.94. The van der Waals surface area contributed by atoms with E-state index < -0.39 is 122 Å². The van der Waals surface area contributed by atoms with Crippen LogP contribution in [0, 0.1) is 46.3 Å². The molecule has 62 heavy (non-hydrogen) atoms. The predicted octanol–water partition coefficient (Wildman–Crippen LogP) is -0.652. The third-order valence-electron chi connectivity index (χ3n) is 18.8. The molecule has 10 N–H and O–H groups in total. The molecule has 4 aliphatic carbocycles. The second-order valence-electron chi connectivity index (χ2n) is 21.9. The summed E-state index contributed by atoms with van der Waals surface area (Å²) in [6.45, 7) is 12.9. The SMILES string of the molecule is C[C@H]1CC[C@@H]2[C@@H](C)[C@H]3[C@H](C[C@H]4[C@@H]5C[C@@H](O)[C@@]6(O)C[C@@H](O[C@@H]7O[C@H](CO)[C@@H](O[C@@H]8O[C@@H](C)[C@H](O)[C@@H](O)[C@H]8O)[C@H](O)[C@H]7O[C@@H]7O[C@@H](C)[C@H](O)[C@@H](O)[C@H]7O)CC[C@]6(C)[C@H]5CC[C@]34C)N2C1. The van der Waals surface area contributed by atoms with Gasteiger partial charge in [0.15, 0.2) is 18.9 Å². The molecule has 5 heterocycles.